The average molecular weight is 541 g/mol. The third-order valence-corrected chi connectivity index (χ3v) is 6.64. The summed E-state index contributed by atoms with van der Waals surface area (Å²) in [6.45, 7) is 16.3. The van der Waals surface area contributed by atoms with Crippen molar-refractivity contribution < 1.29 is 57.8 Å². The summed E-state index contributed by atoms with van der Waals surface area (Å²) in [6, 6.07) is 6.66. The number of furan rings is 2. The summed E-state index contributed by atoms with van der Waals surface area (Å²) in [7, 11) is 0. The molecule has 0 saturated heterocycles. The molecule has 0 unspecified atom stereocenters. The maximum atomic E-state index is 12.4. The number of carbonyl (C=O) groups excluding carboxylic acids is 1. The van der Waals surface area contributed by atoms with Crippen LogP contribution in [0.15, 0.2) is 33.1 Å². The number of thiophene rings is 1. The zero-order valence-electron chi connectivity index (χ0n) is 23.6. The molecule has 0 saturated carbocycles. The van der Waals surface area contributed by atoms with E-state index in [4.69, 9.17) is 19.0 Å². The molecule has 0 atom stereocenters. The van der Waals surface area contributed by atoms with Crippen LogP contribution in [0.3, 0.4) is 0 Å². The van der Waals surface area contributed by atoms with Gasteiger partial charge in [-0.15, -0.1) is 11.3 Å². The van der Waals surface area contributed by atoms with E-state index in [0.29, 0.717) is 17.6 Å². The Labute approximate surface area is 239 Å². The SMILES string of the molecule is CC(C)c1cc(C(=O)Cc2ccc(C(=O)O)s2)oc1C(C)C.CC(C)c1cc(C(=O)O)oc1C(C)C.[Li+].[OH-]. The van der Waals surface area contributed by atoms with Gasteiger partial charge in [-0.1, -0.05) is 55.4 Å². The van der Waals surface area contributed by atoms with Gasteiger partial charge in [0, 0.05) is 23.1 Å². The largest absolute Gasteiger partial charge is 1.00 e. The zero-order valence-corrected chi connectivity index (χ0v) is 24.4. The van der Waals surface area contributed by atoms with Gasteiger partial charge in [0.2, 0.25) is 11.5 Å². The number of carboxylic acid groups (broad SMARTS) is 2. The Morgan fingerprint density at radius 2 is 1.18 bits per heavy atom. The van der Waals surface area contributed by atoms with Gasteiger partial charge in [0.1, 0.15) is 16.4 Å². The molecule has 0 aromatic carbocycles. The normalized spacial score (nSPS) is 10.7. The second-order valence-corrected chi connectivity index (χ2v) is 11.1. The van der Waals surface area contributed by atoms with Crippen molar-refractivity contribution >= 4 is 29.1 Å². The first kappa shape index (κ1) is 35.4. The quantitative estimate of drug-likeness (QED) is 0.291. The van der Waals surface area contributed by atoms with E-state index < -0.39 is 11.9 Å². The number of ketones is 1. The summed E-state index contributed by atoms with van der Waals surface area (Å²) in [4.78, 5) is 34.9. The van der Waals surface area contributed by atoms with E-state index in [1.54, 1.807) is 12.1 Å². The Morgan fingerprint density at radius 1 is 0.737 bits per heavy atom. The average Bonchev–Trinajstić information content (AvgIpc) is 3.51. The minimum Gasteiger partial charge on any atom is -0.870 e. The van der Waals surface area contributed by atoms with Gasteiger partial charge in [-0.05, 0) is 47.2 Å². The van der Waals surface area contributed by atoms with Crippen LogP contribution >= 0.6 is 11.3 Å². The van der Waals surface area contributed by atoms with E-state index in [9.17, 15) is 14.4 Å². The van der Waals surface area contributed by atoms with Gasteiger partial charge in [0.05, 0.1) is 0 Å². The predicted octanol–water partition coefficient (Wildman–Crippen LogP) is 4.76. The van der Waals surface area contributed by atoms with Gasteiger partial charge < -0.3 is 24.5 Å². The van der Waals surface area contributed by atoms with Crippen LogP contribution in [0.1, 0.15) is 137 Å². The van der Waals surface area contributed by atoms with Gasteiger partial charge in [-0.3, -0.25) is 4.79 Å². The molecular weight excluding hydrogens is 503 g/mol. The summed E-state index contributed by atoms with van der Waals surface area (Å²) in [5, 5.41) is 17.7. The van der Waals surface area contributed by atoms with E-state index in [-0.39, 0.29) is 59.0 Å². The Morgan fingerprint density at radius 3 is 1.53 bits per heavy atom. The molecule has 0 aliphatic rings. The number of rotatable bonds is 9. The van der Waals surface area contributed by atoms with Gasteiger partial charge in [0.15, 0.2) is 5.76 Å². The van der Waals surface area contributed by atoms with Crippen LogP contribution in [0, 0.1) is 0 Å². The molecule has 3 N–H and O–H groups in total. The predicted molar refractivity (Wildman–Crippen MR) is 142 cm³/mol. The molecule has 0 fully saturated rings. The molecule has 3 aromatic heterocycles. The first-order valence-electron chi connectivity index (χ1n) is 12.1. The number of Topliss-reactive ketones (excluding diaryl/α,β-unsaturated/α-hetero) is 1. The first-order valence-corrected chi connectivity index (χ1v) is 12.9. The van der Waals surface area contributed by atoms with Crippen LogP contribution in [0.4, 0.5) is 0 Å². The van der Waals surface area contributed by atoms with Crippen LogP contribution in [0.25, 0.3) is 0 Å². The minimum absolute atomic E-state index is 0. The summed E-state index contributed by atoms with van der Waals surface area (Å²) < 4.78 is 11.1. The molecule has 0 aliphatic heterocycles. The van der Waals surface area contributed by atoms with E-state index >= 15 is 0 Å². The molecule has 38 heavy (non-hydrogen) atoms. The van der Waals surface area contributed by atoms with Crippen LogP contribution < -0.4 is 18.9 Å². The minimum atomic E-state index is -1.00. The van der Waals surface area contributed by atoms with Crippen molar-refractivity contribution in [2.45, 2.75) is 85.5 Å². The Kier molecular flexibility index (Phi) is 14.1. The second-order valence-electron chi connectivity index (χ2n) is 9.96. The van der Waals surface area contributed by atoms with Crippen molar-refractivity contribution in [1.29, 1.82) is 0 Å². The van der Waals surface area contributed by atoms with Gasteiger partial charge in [0.25, 0.3) is 0 Å². The van der Waals surface area contributed by atoms with Gasteiger partial charge in [-0.2, -0.15) is 0 Å². The standard InChI is InChI=1S/C17H20O4S.C11H16O3.Li.H2O/c1-9(2)12-8-14(21-16(12)10(3)4)13(18)7-11-5-6-15(22-11)17(19)20;1-6(2)8-5-9(11(12)13)14-10(8)7(3)4;;/h5-6,8-10H,7H2,1-4H3,(H,19,20);5-7H,1-4H3,(H,12,13);;1H2/q;;+1;/p-1. The monoisotopic (exact) mass is 540 g/mol. The molecule has 10 heteroatoms. The molecule has 3 aromatic rings. The maximum absolute atomic E-state index is 12.4. The molecule has 0 spiro atoms. The van der Waals surface area contributed by atoms with Crippen LogP contribution in [-0.4, -0.2) is 33.4 Å². The molecule has 0 radical (unpaired) electrons. The fourth-order valence-corrected chi connectivity index (χ4v) is 4.56. The Hall–Kier alpha value is -2.57. The fraction of sp³-hybridized carbons (Fsp3) is 0.464. The number of hydrogen-bond acceptors (Lipinski definition) is 7. The van der Waals surface area contributed by atoms with Crippen molar-refractivity contribution in [1.82, 2.24) is 0 Å². The summed E-state index contributed by atoms with van der Waals surface area (Å²) in [6.07, 6.45) is 0.167. The third-order valence-electron chi connectivity index (χ3n) is 5.57. The zero-order chi connectivity index (χ0) is 27.3. The topological polar surface area (TPSA) is 148 Å². The van der Waals surface area contributed by atoms with Crippen LogP contribution in [0.5, 0.6) is 0 Å². The number of hydrogen-bond donors (Lipinski definition) is 2. The van der Waals surface area contributed by atoms with E-state index in [1.165, 1.54) is 6.07 Å². The summed E-state index contributed by atoms with van der Waals surface area (Å²) in [5.74, 6) is 0.993. The Balaban J connectivity index is 0.000000748. The Bertz CT molecular complexity index is 1160. The van der Waals surface area contributed by atoms with E-state index in [0.717, 1.165) is 38.9 Å². The van der Waals surface area contributed by atoms with Crippen molar-refractivity contribution in [3.63, 3.8) is 0 Å². The van der Waals surface area contributed by atoms with Crippen molar-refractivity contribution in [3.05, 3.63) is 68.2 Å². The second kappa shape index (κ2) is 15.1. The number of carboxylic acids is 2. The van der Waals surface area contributed by atoms with Crippen molar-refractivity contribution in [3.8, 4) is 0 Å². The third kappa shape index (κ3) is 9.02. The molecule has 3 rings (SSSR count). The fourth-order valence-electron chi connectivity index (χ4n) is 3.72. The number of carbonyl (C=O) groups is 3. The first-order chi connectivity index (χ1) is 16.7. The van der Waals surface area contributed by atoms with Crippen molar-refractivity contribution in [2.75, 3.05) is 0 Å². The van der Waals surface area contributed by atoms with Gasteiger partial charge >= 0.3 is 30.8 Å². The van der Waals surface area contributed by atoms with E-state index in [1.807, 2.05) is 47.6 Å². The molecule has 204 valence electrons. The van der Waals surface area contributed by atoms with Crippen molar-refractivity contribution in [2.24, 2.45) is 0 Å². The molecule has 8 nitrogen and oxygen atoms in total. The summed E-state index contributed by atoms with van der Waals surface area (Å²) in [5.41, 5.74) is 2.06. The molecule has 0 amide bonds. The smallest absolute Gasteiger partial charge is 0.870 e. The maximum Gasteiger partial charge on any atom is 1.00 e. The molecular formula is C28H37LiO8S. The molecule has 0 bridgehead atoms. The van der Waals surface area contributed by atoms with Crippen LogP contribution in [0.2, 0.25) is 0 Å². The number of aromatic carboxylic acids is 2. The van der Waals surface area contributed by atoms with E-state index in [2.05, 4.69) is 13.8 Å². The van der Waals surface area contributed by atoms with Crippen LogP contribution in [-0.2, 0) is 6.42 Å². The molecule has 0 aliphatic carbocycles. The summed E-state index contributed by atoms with van der Waals surface area (Å²) >= 11 is 1.13. The molecule has 3 heterocycles. The van der Waals surface area contributed by atoms with Gasteiger partial charge in [-0.25, -0.2) is 9.59 Å².